The Morgan fingerprint density at radius 3 is 2.45 bits per heavy atom. The Morgan fingerprint density at radius 2 is 1.89 bits per heavy atom. The minimum atomic E-state index is -5.29. The number of carboxylic acid groups (broad SMARTS) is 1. The number of phosphoric ester groups is 1. The molecule has 0 aliphatic carbocycles. The molecular weight excluding hydrogens is 574 g/mol. The molecule has 38 heavy (non-hydrogen) atoms. The van der Waals surface area contributed by atoms with Crippen molar-refractivity contribution in [3.63, 3.8) is 0 Å². The van der Waals surface area contributed by atoms with E-state index in [4.69, 9.17) is 25.4 Å². The molecule has 18 nitrogen and oxygen atoms in total. The average molecular weight is 598 g/mol. The first kappa shape index (κ1) is 30.1. The van der Waals surface area contributed by atoms with Crippen LogP contribution in [-0.4, -0.2) is 85.4 Å². The van der Waals surface area contributed by atoms with Crippen LogP contribution in [0.2, 0.25) is 0 Å². The highest BCUT2D eigenvalue weighted by molar-refractivity contribution is 7.60. The molecule has 1 fully saturated rings. The van der Waals surface area contributed by atoms with Crippen LogP contribution >= 0.6 is 27.0 Å². The number of anilines is 1. The Labute approximate surface area is 217 Å². The van der Waals surface area contributed by atoms with E-state index < -0.39 is 52.8 Å². The summed E-state index contributed by atoms with van der Waals surface area (Å²) in [5.41, 5.74) is 6.95. The number of rotatable bonds is 8. The van der Waals surface area contributed by atoms with Crippen molar-refractivity contribution in [2.24, 2.45) is 0 Å². The van der Waals surface area contributed by atoms with Gasteiger partial charge in [0.05, 0.1) is 18.6 Å². The van der Waals surface area contributed by atoms with Gasteiger partial charge < -0.3 is 40.5 Å². The zero-order chi connectivity index (χ0) is 28.4. The van der Waals surface area contributed by atoms with Crippen molar-refractivity contribution < 1.29 is 57.5 Å². The minimum Gasteiger partial charge on any atom is -0.476 e. The summed E-state index contributed by atoms with van der Waals surface area (Å²) < 4.78 is 36.8. The molecule has 1 aliphatic heterocycles. The number of nitrogens with two attached hydrogens (primary N) is 1. The molecule has 5 atom stereocenters. The molecule has 4 rings (SSSR count). The van der Waals surface area contributed by atoms with Gasteiger partial charge in [0, 0.05) is 4.88 Å². The maximum Gasteiger partial charge on any atom is 0.481 e. The standard InChI is InChI=1S/C10H15N5O10P2.C7H9NO2S/c11-8-5-9(13-2-12-8)15(3-14-5)10-7(17)6(16)4(24-10)1-23-27(21,22)25-26(18,19)20;1-3-5-4(2)8-6(11-5)7(9)10/h2-4,6-7,10,16-17H,1H2,(H,21,22)(H2,11,12,13)(H2,18,19,20);3H2,1-2H3,(H,9,10)/t4-,6-,7-,10-;/m1./s1. The molecule has 1 aliphatic rings. The number of fused-ring (bicyclic) bond motifs is 1. The number of imidazole rings is 1. The molecule has 4 heterocycles. The van der Waals surface area contributed by atoms with Crippen LogP contribution in [0.4, 0.5) is 5.82 Å². The van der Waals surface area contributed by atoms with Crippen molar-refractivity contribution in [3.05, 3.63) is 28.2 Å². The van der Waals surface area contributed by atoms with Gasteiger partial charge >= 0.3 is 21.6 Å². The first-order valence-electron chi connectivity index (χ1n) is 10.5. The molecule has 0 bridgehead atoms. The highest BCUT2D eigenvalue weighted by Gasteiger charge is 2.46. The van der Waals surface area contributed by atoms with Gasteiger partial charge in [-0.2, -0.15) is 4.31 Å². The molecule has 8 N–H and O–H groups in total. The number of carbonyl (C=O) groups is 1. The van der Waals surface area contributed by atoms with E-state index in [1.165, 1.54) is 22.2 Å². The largest absolute Gasteiger partial charge is 0.481 e. The molecule has 1 unspecified atom stereocenters. The summed E-state index contributed by atoms with van der Waals surface area (Å²) in [7, 11) is -10.4. The lowest BCUT2D eigenvalue weighted by atomic mass is 10.1. The zero-order valence-electron chi connectivity index (χ0n) is 19.6. The second-order valence-electron chi connectivity index (χ2n) is 7.65. The number of nitrogens with zero attached hydrogens (tertiary/aromatic N) is 5. The molecule has 3 aromatic rings. The Bertz CT molecular complexity index is 1390. The predicted molar refractivity (Wildman–Crippen MR) is 128 cm³/mol. The first-order chi connectivity index (χ1) is 17.6. The SMILES string of the molecule is CCc1sc(C(=O)O)nc1C.Nc1ncnc2c1ncn2[C@@H]1O[C@H](COP(=O)(O)OP(=O)(O)O)[C@@H](O)[C@H]1O. The van der Waals surface area contributed by atoms with Gasteiger partial charge in [-0.1, -0.05) is 6.92 Å². The molecule has 0 amide bonds. The van der Waals surface area contributed by atoms with Crippen molar-refractivity contribution in [1.82, 2.24) is 24.5 Å². The van der Waals surface area contributed by atoms with Crippen molar-refractivity contribution in [2.75, 3.05) is 12.3 Å². The number of aromatic carboxylic acids is 1. The van der Waals surface area contributed by atoms with Gasteiger partial charge in [0.1, 0.15) is 30.2 Å². The van der Waals surface area contributed by atoms with Crippen LogP contribution in [0, 0.1) is 6.92 Å². The minimum absolute atomic E-state index is 0.0856. The van der Waals surface area contributed by atoms with E-state index in [-0.39, 0.29) is 22.0 Å². The lowest BCUT2D eigenvalue weighted by Crippen LogP contribution is -2.33. The molecule has 3 aromatic heterocycles. The van der Waals surface area contributed by atoms with Crippen LogP contribution in [0.25, 0.3) is 11.2 Å². The van der Waals surface area contributed by atoms with Crippen molar-refractivity contribution in [3.8, 4) is 0 Å². The maximum absolute atomic E-state index is 11.5. The third-order valence-corrected chi connectivity index (χ3v) is 8.45. The van der Waals surface area contributed by atoms with E-state index in [2.05, 4.69) is 28.8 Å². The summed E-state index contributed by atoms with van der Waals surface area (Å²) >= 11 is 1.26. The summed E-state index contributed by atoms with van der Waals surface area (Å²) in [5, 5.41) is 29.0. The number of hydrogen-bond acceptors (Lipinski definition) is 14. The van der Waals surface area contributed by atoms with Crippen LogP contribution in [0.15, 0.2) is 12.7 Å². The van der Waals surface area contributed by atoms with Gasteiger partial charge in [-0.25, -0.2) is 33.9 Å². The summed E-state index contributed by atoms with van der Waals surface area (Å²) in [6.07, 6.45) is -2.34. The van der Waals surface area contributed by atoms with Crippen molar-refractivity contribution in [2.45, 2.75) is 44.8 Å². The number of thiazole rings is 1. The summed E-state index contributed by atoms with van der Waals surface area (Å²) in [5.74, 6) is -0.847. The Balaban J connectivity index is 0.000000304. The number of aryl methyl sites for hydroxylation is 2. The predicted octanol–water partition coefficient (Wildman–Crippen LogP) is -0.0339. The maximum atomic E-state index is 11.5. The Kier molecular flexibility index (Phi) is 9.33. The van der Waals surface area contributed by atoms with Crippen LogP contribution in [0.1, 0.15) is 33.5 Å². The summed E-state index contributed by atoms with van der Waals surface area (Å²) in [6, 6.07) is 0. The van der Waals surface area contributed by atoms with Crippen molar-refractivity contribution in [1.29, 1.82) is 0 Å². The lowest BCUT2D eigenvalue weighted by Gasteiger charge is -2.17. The number of aliphatic hydroxyl groups is 2. The molecule has 0 spiro atoms. The quantitative estimate of drug-likeness (QED) is 0.167. The fraction of sp³-hybridized carbons (Fsp3) is 0.471. The van der Waals surface area contributed by atoms with E-state index in [1.807, 2.05) is 13.8 Å². The van der Waals surface area contributed by atoms with Gasteiger partial charge in [0.2, 0.25) is 5.01 Å². The normalized spacial score (nSPS) is 23.1. The summed E-state index contributed by atoms with van der Waals surface area (Å²) in [4.78, 5) is 53.5. The van der Waals surface area contributed by atoms with E-state index in [9.17, 15) is 29.0 Å². The number of nitrogen functional groups attached to an aromatic ring is 1. The van der Waals surface area contributed by atoms with Gasteiger partial charge in [0.25, 0.3) is 0 Å². The molecule has 0 aromatic carbocycles. The second-order valence-corrected chi connectivity index (χ2v) is 11.6. The second kappa shape index (κ2) is 11.8. The third kappa shape index (κ3) is 7.16. The fourth-order valence-corrected chi connectivity index (χ4v) is 5.77. The van der Waals surface area contributed by atoms with Crippen LogP contribution in [0.5, 0.6) is 0 Å². The zero-order valence-corrected chi connectivity index (χ0v) is 22.2. The van der Waals surface area contributed by atoms with E-state index in [0.717, 1.165) is 23.3 Å². The topological polar surface area (TPSA) is 283 Å². The Hall–Kier alpha value is -2.41. The molecule has 0 saturated carbocycles. The van der Waals surface area contributed by atoms with Gasteiger partial charge in [0.15, 0.2) is 17.7 Å². The average Bonchev–Trinajstić information content (AvgIpc) is 3.48. The molecule has 21 heteroatoms. The lowest BCUT2D eigenvalue weighted by molar-refractivity contribution is -0.0503. The van der Waals surface area contributed by atoms with Gasteiger partial charge in [-0.15, -0.1) is 11.3 Å². The van der Waals surface area contributed by atoms with E-state index >= 15 is 0 Å². The van der Waals surface area contributed by atoms with Crippen LogP contribution in [-0.2, 0) is 29.1 Å². The number of carboxylic acids is 1. The van der Waals surface area contributed by atoms with E-state index in [1.54, 1.807) is 0 Å². The molecule has 1 saturated heterocycles. The number of hydrogen-bond donors (Lipinski definition) is 7. The number of aromatic nitrogens is 5. The van der Waals surface area contributed by atoms with Gasteiger partial charge in [-0.05, 0) is 13.3 Å². The summed E-state index contributed by atoms with van der Waals surface area (Å²) in [6.45, 7) is 3.01. The highest BCUT2D eigenvalue weighted by atomic mass is 32.1. The molecule has 210 valence electrons. The fourth-order valence-electron chi connectivity index (χ4n) is 3.33. The number of phosphoric acid groups is 2. The van der Waals surface area contributed by atoms with Crippen LogP contribution < -0.4 is 5.73 Å². The third-order valence-electron chi connectivity index (χ3n) is 5.01. The number of ether oxygens (including phenoxy) is 1. The smallest absolute Gasteiger partial charge is 0.476 e. The van der Waals surface area contributed by atoms with E-state index in [0.29, 0.717) is 0 Å². The monoisotopic (exact) mass is 598 g/mol. The van der Waals surface area contributed by atoms with Gasteiger partial charge in [-0.3, -0.25) is 9.09 Å². The molecule has 0 radical (unpaired) electrons. The van der Waals surface area contributed by atoms with Crippen LogP contribution in [0.3, 0.4) is 0 Å². The first-order valence-corrected chi connectivity index (χ1v) is 14.4. The Morgan fingerprint density at radius 1 is 1.21 bits per heavy atom. The van der Waals surface area contributed by atoms with Crippen molar-refractivity contribution >= 4 is 49.9 Å². The molecular formula is C17H24N6O12P2S. The highest BCUT2D eigenvalue weighted by Crippen LogP contribution is 2.57. The number of aliphatic hydroxyl groups excluding tert-OH is 2.